The van der Waals surface area contributed by atoms with E-state index >= 15 is 0 Å². The van der Waals surface area contributed by atoms with Crippen LogP contribution in [0.15, 0.2) is 42.5 Å². The van der Waals surface area contributed by atoms with Crippen LogP contribution in [0.1, 0.15) is 41.3 Å². The van der Waals surface area contributed by atoms with Gasteiger partial charge in [-0.15, -0.1) is 0 Å². The van der Waals surface area contributed by atoms with E-state index in [0.29, 0.717) is 22.9 Å². The van der Waals surface area contributed by atoms with Crippen molar-refractivity contribution in [3.63, 3.8) is 0 Å². The van der Waals surface area contributed by atoms with E-state index in [4.69, 9.17) is 9.47 Å². The Kier molecular flexibility index (Phi) is 7.39. The number of carbonyl (C=O) groups excluding carboxylic acids is 2. The molecule has 7 nitrogen and oxygen atoms in total. The molecule has 0 amide bonds. The fraction of sp³-hybridized carbons (Fsp3) is 0.333. The van der Waals surface area contributed by atoms with Gasteiger partial charge in [-0.3, -0.25) is 9.52 Å². The van der Waals surface area contributed by atoms with Crippen molar-refractivity contribution in [1.29, 1.82) is 0 Å². The quantitative estimate of drug-likeness (QED) is 0.495. The molecule has 0 saturated carbocycles. The van der Waals surface area contributed by atoms with E-state index in [-0.39, 0.29) is 6.61 Å². The molecule has 0 heterocycles. The summed E-state index contributed by atoms with van der Waals surface area (Å²) in [4.78, 5) is 24.0. The van der Waals surface area contributed by atoms with E-state index in [1.165, 1.54) is 29.8 Å². The Morgan fingerprint density at radius 2 is 1.69 bits per heavy atom. The smallest absolute Gasteiger partial charge is 0.344 e. The van der Waals surface area contributed by atoms with E-state index in [1.807, 2.05) is 19.1 Å². The third-order valence-electron chi connectivity index (χ3n) is 4.09. The number of Topliss-reactive ketones (excluding diaryl/α,β-unsaturated/α-hetero) is 1. The molecule has 2 aromatic rings. The van der Waals surface area contributed by atoms with Gasteiger partial charge < -0.3 is 9.47 Å². The summed E-state index contributed by atoms with van der Waals surface area (Å²) < 4.78 is 35.0. The maximum Gasteiger partial charge on any atom is 0.344 e. The predicted molar refractivity (Wildman–Crippen MR) is 111 cm³/mol. The van der Waals surface area contributed by atoms with Crippen molar-refractivity contribution in [2.45, 2.75) is 26.7 Å². The fourth-order valence-electron chi connectivity index (χ4n) is 2.74. The highest BCUT2D eigenvalue weighted by Crippen LogP contribution is 2.23. The van der Waals surface area contributed by atoms with Gasteiger partial charge in [0.05, 0.1) is 6.26 Å². The van der Waals surface area contributed by atoms with Crippen LogP contribution in [-0.4, -0.2) is 39.6 Å². The first-order valence-electron chi connectivity index (χ1n) is 9.05. The lowest BCUT2D eigenvalue weighted by atomic mass is 9.98. The number of carbonyl (C=O) groups is 2. The number of aryl methyl sites for hydroxylation is 1. The Morgan fingerprint density at radius 3 is 2.24 bits per heavy atom. The van der Waals surface area contributed by atoms with Crippen molar-refractivity contribution in [2.24, 2.45) is 0 Å². The first-order chi connectivity index (χ1) is 13.5. The van der Waals surface area contributed by atoms with Gasteiger partial charge in [0.25, 0.3) is 0 Å². The molecule has 8 heteroatoms. The maximum absolute atomic E-state index is 12.1. The van der Waals surface area contributed by atoms with Gasteiger partial charge in [0.15, 0.2) is 19.0 Å². The average molecular weight is 419 g/mol. The molecule has 29 heavy (non-hydrogen) atoms. The van der Waals surface area contributed by atoms with E-state index in [9.17, 15) is 18.0 Å². The van der Waals surface area contributed by atoms with Crippen LogP contribution in [0, 0.1) is 6.92 Å². The summed E-state index contributed by atoms with van der Waals surface area (Å²) in [5.74, 6) is -0.0962. The topological polar surface area (TPSA) is 98.8 Å². The van der Waals surface area contributed by atoms with Gasteiger partial charge in [0.2, 0.25) is 10.0 Å². The Hall–Kier alpha value is -2.87. The summed E-state index contributed by atoms with van der Waals surface area (Å²) in [5, 5.41) is 0. The number of rotatable bonds is 9. The van der Waals surface area contributed by atoms with E-state index in [2.05, 4.69) is 18.6 Å². The zero-order valence-electron chi connectivity index (χ0n) is 16.9. The molecule has 0 fully saturated rings. The molecule has 0 atom stereocenters. The molecule has 0 aliphatic rings. The first-order valence-corrected chi connectivity index (χ1v) is 10.9. The van der Waals surface area contributed by atoms with Crippen molar-refractivity contribution < 1.29 is 27.5 Å². The normalized spacial score (nSPS) is 11.2. The number of hydrogen-bond acceptors (Lipinski definition) is 6. The van der Waals surface area contributed by atoms with E-state index in [0.717, 1.165) is 11.8 Å². The van der Waals surface area contributed by atoms with Crippen LogP contribution < -0.4 is 9.46 Å². The van der Waals surface area contributed by atoms with E-state index < -0.39 is 28.4 Å². The van der Waals surface area contributed by atoms with Gasteiger partial charge in [-0.2, -0.15) is 0 Å². The second kappa shape index (κ2) is 9.56. The van der Waals surface area contributed by atoms with Gasteiger partial charge >= 0.3 is 5.97 Å². The van der Waals surface area contributed by atoms with Crippen LogP contribution in [0.3, 0.4) is 0 Å². The van der Waals surface area contributed by atoms with Crippen molar-refractivity contribution in [2.75, 3.05) is 24.2 Å². The highest BCUT2D eigenvalue weighted by molar-refractivity contribution is 7.92. The number of ether oxygens (including phenoxy) is 2. The highest BCUT2D eigenvalue weighted by atomic mass is 32.2. The zero-order chi connectivity index (χ0) is 21.6. The second-order valence-electron chi connectivity index (χ2n) is 7.00. The second-order valence-corrected chi connectivity index (χ2v) is 8.75. The maximum atomic E-state index is 12.1. The molecule has 1 N–H and O–H groups in total. The Balaban J connectivity index is 1.83. The molecule has 0 aliphatic carbocycles. The number of nitrogens with one attached hydrogen (secondary N) is 1. The molecule has 0 aliphatic heterocycles. The molecule has 2 aromatic carbocycles. The SMILES string of the molecule is Cc1cc(OCC(=O)OCC(=O)c2ccc(NS(C)(=O)=O)cc2)ccc1C(C)C. The van der Waals surface area contributed by atoms with Gasteiger partial charge in [-0.1, -0.05) is 19.9 Å². The summed E-state index contributed by atoms with van der Waals surface area (Å²) in [6.45, 7) is 5.47. The molecule has 0 radical (unpaired) electrons. The number of esters is 1. The minimum atomic E-state index is -3.39. The number of sulfonamides is 1. The van der Waals surface area contributed by atoms with Gasteiger partial charge in [-0.05, 0) is 60.4 Å². The lowest BCUT2D eigenvalue weighted by molar-refractivity contribution is -0.144. The Bertz CT molecular complexity index is 981. The summed E-state index contributed by atoms with van der Waals surface area (Å²) in [5.41, 5.74) is 2.93. The summed E-state index contributed by atoms with van der Waals surface area (Å²) >= 11 is 0. The van der Waals surface area contributed by atoms with Gasteiger partial charge in [-0.25, -0.2) is 13.2 Å². The molecule has 0 saturated heterocycles. The van der Waals surface area contributed by atoms with Crippen LogP contribution >= 0.6 is 0 Å². The molecule has 2 rings (SSSR count). The van der Waals surface area contributed by atoms with Crippen LogP contribution in [-0.2, 0) is 19.6 Å². The first kappa shape index (κ1) is 22.4. The lowest BCUT2D eigenvalue weighted by Gasteiger charge is -2.12. The van der Waals surface area contributed by atoms with Gasteiger partial charge in [0.1, 0.15) is 5.75 Å². The zero-order valence-corrected chi connectivity index (χ0v) is 17.7. The number of hydrogen-bond donors (Lipinski definition) is 1. The van der Waals surface area contributed by atoms with Crippen LogP contribution in [0.2, 0.25) is 0 Å². The monoisotopic (exact) mass is 419 g/mol. The summed E-state index contributed by atoms with van der Waals surface area (Å²) in [7, 11) is -3.39. The third kappa shape index (κ3) is 7.23. The van der Waals surface area contributed by atoms with E-state index in [1.54, 1.807) is 6.07 Å². The summed E-state index contributed by atoms with van der Waals surface area (Å²) in [6, 6.07) is 11.5. The minimum absolute atomic E-state index is 0.301. The standard InChI is InChI=1S/C21H25NO6S/c1-14(2)19-10-9-18(11-15(19)3)27-13-21(24)28-12-20(23)16-5-7-17(8-6-16)22-29(4,25)26/h5-11,14,22H,12-13H2,1-4H3. The van der Waals surface area contributed by atoms with Crippen LogP contribution in [0.5, 0.6) is 5.75 Å². The molecule has 156 valence electrons. The molecule has 0 unspecified atom stereocenters. The molecule has 0 bridgehead atoms. The van der Waals surface area contributed by atoms with Crippen LogP contribution in [0.4, 0.5) is 5.69 Å². The largest absolute Gasteiger partial charge is 0.482 e. The Labute approximate surface area is 171 Å². The predicted octanol–water partition coefficient (Wildman–Crippen LogP) is 3.29. The molecular weight excluding hydrogens is 394 g/mol. The molecule has 0 spiro atoms. The minimum Gasteiger partial charge on any atom is -0.482 e. The van der Waals surface area contributed by atoms with Crippen LogP contribution in [0.25, 0.3) is 0 Å². The Morgan fingerprint density at radius 1 is 1.03 bits per heavy atom. The lowest BCUT2D eigenvalue weighted by Crippen LogP contribution is -2.19. The number of ketones is 1. The van der Waals surface area contributed by atoms with Crippen molar-refractivity contribution in [3.05, 3.63) is 59.2 Å². The highest BCUT2D eigenvalue weighted by Gasteiger charge is 2.12. The summed E-state index contributed by atoms with van der Waals surface area (Å²) in [6.07, 6.45) is 1.04. The van der Waals surface area contributed by atoms with Crippen molar-refractivity contribution in [3.8, 4) is 5.75 Å². The average Bonchev–Trinajstić information content (AvgIpc) is 2.63. The van der Waals surface area contributed by atoms with Crippen molar-refractivity contribution in [1.82, 2.24) is 0 Å². The third-order valence-corrected chi connectivity index (χ3v) is 4.70. The molecular formula is C21H25NO6S. The number of anilines is 1. The van der Waals surface area contributed by atoms with Gasteiger partial charge in [0, 0.05) is 11.3 Å². The van der Waals surface area contributed by atoms with Crippen molar-refractivity contribution >= 4 is 27.5 Å². The molecule has 0 aromatic heterocycles. The number of benzene rings is 2. The fourth-order valence-corrected chi connectivity index (χ4v) is 3.30.